The Balaban J connectivity index is 0.000000564. The predicted octanol–water partition coefficient (Wildman–Crippen LogP) is 4.20. The van der Waals surface area contributed by atoms with Gasteiger partial charge in [0.25, 0.3) is 0 Å². The standard InChI is InChI=1S/C13H16FNO2.C4H8N2.C2H6BCl/c1-17-13(16)10-3-2-8-15(9-10)12-6-4-11(14)5-7-12;1-3-6-4(2)5;1-3(2)4/h4-7,10H,2-3,8-9H2,1H3;3H,2,5H2,1H3;1-2H3/b;6-3-;. The van der Waals surface area contributed by atoms with Crippen molar-refractivity contribution in [2.45, 2.75) is 33.4 Å². The lowest BCUT2D eigenvalue weighted by molar-refractivity contribution is -0.145. The average Bonchev–Trinajstić information content (AvgIpc) is 2.62. The van der Waals surface area contributed by atoms with Crippen LogP contribution in [-0.4, -0.2) is 38.5 Å². The average molecular weight is 398 g/mol. The summed E-state index contributed by atoms with van der Waals surface area (Å²) in [7, 11) is 1.42. The maximum Gasteiger partial charge on any atom is 0.310 e. The maximum atomic E-state index is 12.8. The first kappa shape index (κ1) is 25.0. The molecule has 1 aromatic carbocycles. The number of piperidine rings is 1. The summed E-state index contributed by atoms with van der Waals surface area (Å²) in [6.45, 7) is 10.5. The number of halogens is 2. The molecule has 5 nitrogen and oxygen atoms in total. The van der Waals surface area contributed by atoms with E-state index in [1.165, 1.54) is 19.2 Å². The van der Waals surface area contributed by atoms with Gasteiger partial charge >= 0.3 is 5.97 Å². The van der Waals surface area contributed by atoms with Crippen LogP contribution in [-0.2, 0) is 9.53 Å². The second-order valence-electron chi connectivity index (χ2n) is 6.18. The van der Waals surface area contributed by atoms with Crippen molar-refractivity contribution in [2.75, 3.05) is 25.1 Å². The van der Waals surface area contributed by atoms with Crippen molar-refractivity contribution < 1.29 is 13.9 Å². The molecule has 8 heteroatoms. The molecule has 0 aliphatic carbocycles. The van der Waals surface area contributed by atoms with Crippen LogP contribution in [0.25, 0.3) is 0 Å². The summed E-state index contributed by atoms with van der Waals surface area (Å²) in [5.41, 5.74) is 5.97. The summed E-state index contributed by atoms with van der Waals surface area (Å²) < 4.78 is 17.6. The van der Waals surface area contributed by atoms with Crippen molar-refractivity contribution in [3.8, 4) is 0 Å². The molecule has 1 heterocycles. The van der Waals surface area contributed by atoms with Gasteiger partial charge in [0.15, 0.2) is 0 Å². The van der Waals surface area contributed by atoms with E-state index in [0.29, 0.717) is 18.5 Å². The van der Waals surface area contributed by atoms with Gasteiger partial charge in [0, 0.05) is 25.0 Å². The van der Waals surface area contributed by atoms with Gasteiger partial charge in [0.05, 0.1) is 13.0 Å². The number of carbonyl (C=O) groups excluding carboxylic acids is 1. The second-order valence-corrected chi connectivity index (χ2v) is 7.05. The molecule has 1 aliphatic rings. The third-order valence-electron chi connectivity index (χ3n) is 3.44. The summed E-state index contributed by atoms with van der Waals surface area (Å²) in [4.78, 5) is 17.2. The van der Waals surface area contributed by atoms with Crippen molar-refractivity contribution in [3.63, 3.8) is 0 Å². The lowest BCUT2D eigenvalue weighted by Crippen LogP contribution is -2.39. The summed E-state index contributed by atoms with van der Waals surface area (Å²) >= 11 is 5.27. The molecule has 0 saturated carbocycles. The number of methoxy groups -OCH3 is 1. The fourth-order valence-corrected chi connectivity index (χ4v) is 2.39. The van der Waals surface area contributed by atoms with Crippen LogP contribution in [0.1, 0.15) is 19.8 Å². The number of esters is 1. The molecule has 1 atom stereocenters. The zero-order valence-electron chi connectivity index (χ0n) is 16.6. The minimum atomic E-state index is -0.240. The largest absolute Gasteiger partial charge is 0.469 e. The molecular formula is C19H30BClFN3O2. The summed E-state index contributed by atoms with van der Waals surface area (Å²) in [5, 5.41) is 0. The number of benzene rings is 1. The van der Waals surface area contributed by atoms with E-state index >= 15 is 0 Å². The van der Waals surface area contributed by atoms with E-state index in [9.17, 15) is 9.18 Å². The van der Waals surface area contributed by atoms with E-state index in [-0.39, 0.29) is 17.7 Å². The van der Waals surface area contributed by atoms with Crippen LogP contribution in [0.2, 0.25) is 13.6 Å². The van der Waals surface area contributed by atoms with E-state index in [0.717, 1.165) is 25.1 Å². The van der Waals surface area contributed by atoms with Crippen LogP contribution in [0, 0.1) is 11.7 Å². The van der Waals surface area contributed by atoms with Crippen molar-refractivity contribution in [1.29, 1.82) is 0 Å². The Kier molecular flexibility index (Phi) is 13.0. The summed E-state index contributed by atoms with van der Waals surface area (Å²) in [6, 6.07) is 6.37. The topological polar surface area (TPSA) is 67.9 Å². The maximum absolute atomic E-state index is 12.8. The number of rotatable bonds is 3. The molecule has 27 heavy (non-hydrogen) atoms. The van der Waals surface area contributed by atoms with E-state index in [4.69, 9.17) is 21.9 Å². The fraction of sp³-hybridized carbons (Fsp3) is 0.474. The van der Waals surface area contributed by atoms with Crippen LogP contribution in [0.4, 0.5) is 10.1 Å². The molecule has 0 radical (unpaired) electrons. The number of aliphatic imine (C=N–C) groups is 1. The van der Waals surface area contributed by atoms with Crippen LogP contribution < -0.4 is 10.6 Å². The monoisotopic (exact) mass is 397 g/mol. The highest BCUT2D eigenvalue weighted by atomic mass is 35.5. The van der Waals surface area contributed by atoms with Gasteiger partial charge in [-0.25, -0.2) is 9.38 Å². The molecule has 1 saturated heterocycles. The quantitative estimate of drug-likeness (QED) is 0.471. The number of hydrogen-bond donors (Lipinski definition) is 1. The Morgan fingerprint density at radius 1 is 1.44 bits per heavy atom. The predicted molar refractivity (Wildman–Crippen MR) is 114 cm³/mol. The zero-order valence-corrected chi connectivity index (χ0v) is 17.4. The van der Waals surface area contributed by atoms with Crippen LogP contribution in [0.3, 0.4) is 0 Å². The lowest BCUT2D eigenvalue weighted by atomic mass is 9.85. The Hall–Kier alpha value is -2.02. The first-order valence-corrected chi connectivity index (χ1v) is 9.30. The molecule has 0 amide bonds. The lowest BCUT2D eigenvalue weighted by Gasteiger charge is -2.33. The minimum absolute atomic E-state index is 0.0706. The Morgan fingerprint density at radius 2 is 2.00 bits per heavy atom. The molecule has 1 fully saturated rings. The molecule has 2 N–H and O–H groups in total. The molecule has 1 aliphatic heterocycles. The molecule has 1 unspecified atom stereocenters. The number of nitrogens with two attached hydrogens (primary N) is 1. The summed E-state index contributed by atoms with van der Waals surface area (Å²) in [6.07, 6.45) is 3.73. The Morgan fingerprint density at radius 3 is 2.41 bits per heavy atom. The first-order valence-electron chi connectivity index (χ1n) is 8.86. The van der Waals surface area contributed by atoms with E-state index in [1.807, 2.05) is 13.6 Å². The molecule has 0 spiro atoms. The van der Waals surface area contributed by atoms with E-state index in [2.05, 4.69) is 16.5 Å². The van der Waals surface area contributed by atoms with E-state index < -0.39 is 0 Å². The zero-order chi connectivity index (χ0) is 20.8. The number of ether oxygens (including phenoxy) is 1. The molecule has 1 aromatic rings. The highest BCUT2D eigenvalue weighted by Crippen LogP contribution is 2.23. The number of hydrogen-bond acceptors (Lipinski definition) is 5. The SMILES string of the molecule is C=C(N)/N=C\C.CB(C)Cl.COC(=O)C1CCCN(c2ccc(F)cc2)C1. The highest BCUT2D eigenvalue weighted by Gasteiger charge is 2.26. The first-order chi connectivity index (χ1) is 12.7. The van der Waals surface area contributed by atoms with Crippen LogP contribution in [0.15, 0.2) is 41.7 Å². The van der Waals surface area contributed by atoms with Gasteiger partial charge in [-0.15, -0.1) is 0 Å². The molecule has 150 valence electrons. The van der Waals surface area contributed by atoms with Crippen LogP contribution >= 0.6 is 11.5 Å². The van der Waals surface area contributed by atoms with Gasteiger partial charge in [0.2, 0.25) is 6.13 Å². The van der Waals surface area contributed by atoms with Crippen LogP contribution in [0.5, 0.6) is 0 Å². The Bertz CT molecular complexity index is 594. The normalized spacial score (nSPS) is 15.8. The van der Waals surface area contributed by atoms with Gasteiger partial charge < -0.3 is 15.4 Å². The van der Waals surface area contributed by atoms with Crippen molar-refractivity contribution in [3.05, 3.63) is 42.5 Å². The van der Waals surface area contributed by atoms with Gasteiger partial charge in [-0.1, -0.05) is 20.2 Å². The number of anilines is 1. The van der Waals surface area contributed by atoms with Gasteiger partial charge in [0.1, 0.15) is 11.6 Å². The van der Waals surface area contributed by atoms with Gasteiger partial charge in [-0.2, -0.15) is 11.5 Å². The van der Waals surface area contributed by atoms with Crippen molar-refractivity contribution in [2.24, 2.45) is 16.6 Å². The Labute approximate surface area is 167 Å². The second kappa shape index (κ2) is 14.1. The molecule has 2 rings (SSSR count). The van der Waals surface area contributed by atoms with Gasteiger partial charge in [-0.3, -0.25) is 4.79 Å². The smallest absolute Gasteiger partial charge is 0.310 e. The summed E-state index contributed by atoms with van der Waals surface area (Å²) in [5.74, 6) is -0.108. The molecule has 0 aromatic heterocycles. The van der Waals surface area contributed by atoms with Crippen molar-refractivity contribution in [1.82, 2.24) is 0 Å². The number of nitrogens with zero attached hydrogens (tertiary/aromatic N) is 2. The van der Waals surface area contributed by atoms with Gasteiger partial charge in [-0.05, 0) is 44.0 Å². The molecular weight excluding hydrogens is 367 g/mol. The third kappa shape index (κ3) is 12.1. The highest BCUT2D eigenvalue weighted by molar-refractivity contribution is 7.05. The molecule has 0 bridgehead atoms. The minimum Gasteiger partial charge on any atom is -0.469 e. The van der Waals surface area contributed by atoms with E-state index in [1.54, 1.807) is 25.3 Å². The fourth-order valence-electron chi connectivity index (χ4n) is 2.39. The number of carbonyl (C=O) groups is 1. The van der Waals surface area contributed by atoms with Crippen molar-refractivity contribution >= 4 is 35.5 Å². The third-order valence-corrected chi connectivity index (χ3v) is 3.44.